The summed E-state index contributed by atoms with van der Waals surface area (Å²) in [6.45, 7) is 8.18. The second-order valence-corrected chi connectivity index (χ2v) is 9.56. The van der Waals surface area contributed by atoms with Crippen LogP contribution in [0.3, 0.4) is 0 Å². The maximum absolute atomic E-state index is 12.7. The Labute approximate surface area is 165 Å². The SMILES string of the molecule is CCCC(C)n1c(C)csc1=Nc1ccc(S(=O)(=O)N2CCOCC2)cc1. The van der Waals surface area contributed by atoms with Crippen molar-refractivity contribution in [3.8, 4) is 0 Å². The predicted octanol–water partition coefficient (Wildman–Crippen LogP) is 3.47. The van der Waals surface area contributed by atoms with Crippen molar-refractivity contribution >= 4 is 27.0 Å². The van der Waals surface area contributed by atoms with E-state index in [0.29, 0.717) is 37.2 Å². The van der Waals surface area contributed by atoms with Crippen molar-refractivity contribution in [1.82, 2.24) is 8.87 Å². The lowest BCUT2D eigenvalue weighted by molar-refractivity contribution is 0.0730. The molecule has 27 heavy (non-hydrogen) atoms. The Balaban J connectivity index is 1.87. The quantitative estimate of drug-likeness (QED) is 0.734. The van der Waals surface area contributed by atoms with Gasteiger partial charge in [0.15, 0.2) is 4.80 Å². The lowest BCUT2D eigenvalue weighted by Gasteiger charge is -2.26. The van der Waals surface area contributed by atoms with Crippen LogP contribution in [0.2, 0.25) is 0 Å². The van der Waals surface area contributed by atoms with Crippen LogP contribution in [-0.2, 0) is 14.8 Å². The Kier molecular flexibility index (Phi) is 6.52. The number of thiazole rings is 1. The third-order valence-corrected chi connectivity index (χ3v) is 7.61. The normalized spacial score (nSPS) is 18.0. The van der Waals surface area contributed by atoms with E-state index in [9.17, 15) is 8.42 Å². The van der Waals surface area contributed by atoms with E-state index in [1.165, 1.54) is 10.00 Å². The minimum atomic E-state index is -3.47. The molecule has 0 aliphatic carbocycles. The topological polar surface area (TPSA) is 63.9 Å². The Bertz CT molecular complexity index is 924. The molecule has 2 heterocycles. The molecule has 0 saturated carbocycles. The molecule has 1 aromatic heterocycles. The molecule has 1 unspecified atom stereocenters. The minimum Gasteiger partial charge on any atom is -0.379 e. The van der Waals surface area contributed by atoms with Gasteiger partial charge in [-0.1, -0.05) is 13.3 Å². The zero-order chi connectivity index (χ0) is 19.4. The number of hydrogen-bond acceptors (Lipinski definition) is 5. The molecule has 1 atom stereocenters. The van der Waals surface area contributed by atoms with Crippen LogP contribution in [0, 0.1) is 6.92 Å². The van der Waals surface area contributed by atoms with Crippen LogP contribution >= 0.6 is 11.3 Å². The highest BCUT2D eigenvalue weighted by molar-refractivity contribution is 7.89. The van der Waals surface area contributed by atoms with Gasteiger partial charge in [0, 0.05) is 30.2 Å². The first-order valence-electron chi connectivity index (χ1n) is 9.33. The molecule has 0 radical (unpaired) electrons. The van der Waals surface area contributed by atoms with Crippen LogP contribution in [0.1, 0.15) is 38.4 Å². The van der Waals surface area contributed by atoms with Crippen molar-refractivity contribution < 1.29 is 13.2 Å². The van der Waals surface area contributed by atoms with Gasteiger partial charge in [0.2, 0.25) is 10.0 Å². The third-order valence-electron chi connectivity index (χ3n) is 4.74. The first-order valence-corrected chi connectivity index (χ1v) is 11.6. The monoisotopic (exact) mass is 409 g/mol. The molecule has 0 bridgehead atoms. The number of morpholine rings is 1. The summed E-state index contributed by atoms with van der Waals surface area (Å²) in [5.74, 6) is 0. The summed E-state index contributed by atoms with van der Waals surface area (Å²) in [5, 5.41) is 2.11. The number of hydrogen-bond donors (Lipinski definition) is 0. The lowest BCUT2D eigenvalue weighted by Crippen LogP contribution is -2.40. The Morgan fingerprint density at radius 3 is 2.52 bits per heavy atom. The summed E-state index contributed by atoms with van der Waals surface area (Å²) in [7, 11) is -3.47. The van der Waals surface area contributed by atoms with Crippen LogP contribution in [0.15, 0.2) is 39.5 Å². The van der Waals surface area contributed by atoms with Crippen LogP contribution in [0.4, 0.5) is 5.69 Å². The van der Waals surface area contributed by atoms with E-state index in [4.69, 9.17) is 9.73 Å². The van der Waals surface area contributed by atoms with Crippen LogP contribution in [0.25, 0.3) is 0 Å². The highest BCUT2D eigenvalue weighted by Crippen LogP contribution is 2.21. The summed E-state index contributed by atoms with van der Waals surface area (Å²) >= 11 is 1.61. The largest absolute Gasteiger partial charge is 0.379 e. The van der Waals surface area contributed by atoms with Gasteiger partial charge < -0.3 is 9.30 Å². The van der Waals surface area contributed by atoms with Gasteiger partial charge in [-0.05, 0) is 44.5 Å². The minimum absolute atomic E-state index is 0.304. The second kappa shape index (κ2) is 8.68. The van der Waals surface area contributed by atoms with Crippen molar-refractivity contribution in [3.63, 3.8) is 0 Å². The van der Waals surface area contributed by atoms with Gasteiger partial charge in [-0.3, -0.25) is 0 Å². The van der Waals surface area contributed by atoms with Gasteiger partial charge in [0.05, 0.1) is 23.8 Å². The molecule has 1 saturated heterocycles. The Hall–Kier alpha value is -1.48. The van der Waals surface area contributed by atoms with E-state index in [0.717, 1.165) is 23.3 Å². The van der Waals surface area contributed by atoms with Crippen LogP contribution < -0.4 is 4.80 Å². The number of rotatable bonds is 6. The number of aryl methyl sites for hydroxylation is 1. The zero-order valence-electron chi connectivity index (χ0n) is 16.1. The maximum atomic E-state index is 12.7. The molecular formula is C19H27N3O3S2. The van der Waals surface area contributed by atoms with E-state index >= 15 is 0 Å². The Morgan fingerprint density at radius 2 is 1.89 bits per heavy atom. The summed E-state index contributed by atoms with van der Waals surface area (Å²) in [6.07, 6.45) is 2.22. The Morgan fingerprint density at radius 1 is 1.22 bits per heavy atom. The molecular weight excluding hydrogens is 382 g/mol. The average Bonchev–Trinajstić information content (AvgIpc) is 3.03. The van der Waals surface area contributed by atoms with Gasteiger partial charge >= 0.3 is 0 Å². The first-order chi connectivity index (χ1) is 12.9. The molecule has 0 N–H and O–H groups in total. The zero-order valence-corrected chi connectivity index (χ0v) is 17.7. The fraction of sp³-hybridized carbons (Fsp3) is 0.526. The van der Waals surface area contributed by atoms with Crippen molar-refractivity contribution in [3.05, 3.63) is 40.1 Å². The van der Waals surface area contributed by atoms with Crippen LogP contribution in [0.5, 0.6) is 0 Å². The van der Waals surface area contributed by atoms with E-state index in [-0.39, 0.29) is 0 Å². The molecule has 0 amide bonds. The highest BCUT2D eigenvalue weighted by atomic mass is 32.2. The number of nitrogens with zero attached hydrogens (tertiary/aromatic N) is 3. The molecule has 8 heteroatoms. The first kappa shape index (κ1) is 20.3. The molecule has 3 rings (SSSR count). The molecule has 1 aliphatic rings. The van der Waals surface area contributed by atoms with Crippen molar-refractivity contribution in [2.45, 2.75) is 44.6 Å². The van der Waals surface area contributed by atoms with E-state index in [1.54, 1.807) is 35.6 Å². The molecule has 148 valence electrons. The average molecular weight is 410 g/mol. The fourth-order valence-corrected chi connectivity index (χ4v) is 5.70. The van der Waals surface area contributed by atoms with Crippen molar-refractivity contribution in [1.29, 1.82) is 0 Å². The molecule has 1 aromatic carbocycles. The molecule has 6 nitrogen and oxygen atoms in total. The fourth-order valence-electron chi connectivity index (χ4n) is 3.30. The predicted molar refractivity (Wildman–Crippen MR) is 108 cm³/mol. The number of sulfonamides is 1. The van der Waals surface area contributed by atoms with Gasteiger partial charge in [-0.2, -0.15) is 4.31 Å². The molecule has 1 fully saturated rings. The number of ether oxygens (including phenoxy) is 1. The van der Waals surface area contributed by atoms with Gasteiger partial charge in [0.25, 0.3) is 0 Å². The summed E-state index contributed by atoms with van der Waals surface area (Å²) < 4.78 is 34.4. The van der Waals surface area contributed by atoms with Gasteiger partial charge in [-0.25, -0.2) is 13.4 Å². The standard InChI is InChI=1S/C19H27N3O3S2/c1-4-5-15(2)22-16(3)14-26-19(22)20-17-6-8-18(9-7-17)27(23,24)21-10-12-25-13-11-21/h6-9,14-15H,4-5,10-13H2,1-3H3. The van der Waals surface area contributed by atoms with Gasteiger partial charge in [-0.15, -0.1) is 11.3 Å². The van der Waals surface area contributed by atoms with E-state index < -0.39 is 10.0 Å². The summed E-state index contributed by atoms with van der Waals surface area (Å²) in [5.41, 5.74) is 1.96. The van der Waals surface area contributed by atoms with Crippen molar-refractivity contribution in [2.24, 2.45) is 4.99 Å². The summed E-state index contributed by atoms with van der Waals surface area (Å²) in [4.78, 5) is 6.00. The van der Waals surface area contributed by atoms with Gasteiger partial charge in [0.1, 0.15) is 0 Å². The molecule has 1 aliphatic heterocycles. The highest BCUT2D eigenvalue weighted by Gasteiger charge is 2.26. The summed E-state index contributed by atoms with van der Waals surface area (Å²) in [6, 6.07) is 7.23. The van der Waals surface area contributed by atoms with Crippen LogP contribution in [-0.4, -0.2) is 43.6 Å². The smallest absolute Gasteiger partial charge is 0.243 e. The molecule has 2 aromatic rings. The number of benzene rings is 1. The second-order valence-electron chi connectivity index (χ2n) is 6.79. The maximum Gasteiger partial charge on any atom is 0.243 e. The number of aromatic nitrogens is 1. The van der Waals surface area contributed by atoms with E-state index in [1.807, 2.05) is 0 Å². The van der Waals surface area contributed by atoms with Crippen molar-refractivity contribution in [2.75, 3.05) is 26.3 Å². The lowest BCUT2D eigenvalue weighted by atomic mass is 10.2. The van der Waals surface area contributed by atoms with E-state index in [2.05, 4.69) is 30.7 Å². The molecule has 0 spiro atoms. The third kappa shape index (κ3) is 4.51.